The van der Waals surface area contributed by atoms with E-state index < -0.39 is 0 Å². The highest BCUT2D eigenvalue weighted by Crippen LogP contribution is 2.28. The Morgan fingerprint density at radius 1 is 1.45 bits per heavy atom. The fourth-order valence-electron chi connectivity index (χ4n) is 1.61. The Kier molecular flexibility index (Phi) is 5.22. The highest BCUT2D eigenvalue weighted by Gasteiger charge is 2.05. The maximum Gasteiger partial charge on any atom is 0.253 e. The molecule has 0 saturated carbocycles. The van der Waals surface area contributed by atoms with Gasteiger partial charge in [-0.25, -0.2) is 4.98 Å². The number of aromatic nitrogens is 2. The van der Waals surface area contributed by atoms with Crippen molar-refractivity contribution in [3.8, 4) is 0 Å². The maximum absolute atomic E-state index is 11.3. The molecule has 0 unspecified atom stereocenters. The van der Waals surface area contributed by atoms with Gasteiger partial charge in [0.15, 0.2) is 5.16 Å². The molecule has 4 N–H and O–H groups in total. The second-order valence-electron chi connectivity index (χ2n) is 4.11. The fraction of sp³-hybridized carbons (Fsp3) is 0.231. The lowest BCUT2D eigenvalue weighted by Crippen LogP contribution is -2.12. The summed E-state index contributed by atoms with van der Waals surface area (Å²) in [6.45, 7) is 3.81. The lowest BCUT2D eigenvalue weighted by molar-refractivity contribution is 0.724. The van der Waals surface area contributed by atoms with E-state index in [0.29, 0.717) is 5.16 Å². The molecule has 0 aliphatic rings. The van der Waals surface area contributed by atoms with E-state index in [4.69, 9.17) is 5.73 Å². The van der Waals surface area contributed by atoms with E-state index in [1.165, 1.54) is 23.4 Å². The maximum atomic E-state index is 11.3. The molecule has 5 nitrogen and oxygen atoms in total. The minimum Gasteiger partial charge on any atom is -0.383 e. The molecule has 0 aliphatic carbocycles. The van der Waals surface area contributed by atoms with Gasteiger partial charge in [0.25, 0.3) is 5.56 Å². The number of halogens is 1. The molecule has 0 spiro atoms. The molecule has 106 valence electrons. The Morgan fingerprint density at radius 2 is 2.25 bits per heavy atom. The van der Waals surface area contributed by atoms with Gasteiger partial charge in [0.1, 0.15) is 5.82 Å². The van der Waals surface area contributed by atoms with Crippen LogP contribution in [0.4, 0.5) is 5.82 Å². The van der Waals surface area contributed by atoms with Gasteiger partial charge in [-0.2, -0.15) is 0 Å². The molecule has 0 aliphatic heterocycles. The normalized spacial score (nSPS) is 10.7. The van der Waals surface area contributed by atoms with Crippen molar-refractivity contribution < 1.29 is 0 Å². The first kappa shape index (κ1) is 15.1. The summed E-state index contributed by atoms with van der Waals surface area (Å²) in [6.07, 6.45) is 0. The zero-order valence-corrected chi connectivity index (χ0v) is 13.3. The molecule has 7 heteroatoms. The van der Waals surface area contributed by atoms with E-state index in [0.717, 1.165) is 22.5 Å². The molecule has 1 aromatic carbocycles. The highest BCUT2D eigenvalue weighted by molar-refractivity contribution is 9.10. The minimum atomic E-state index is -0.247. The molecule has 2 aromatic rings. The Bertz CT molecular complexity index is 659. The monoisotopic (exact) mass is 354 g/mol. The van der Waals surface area contributed by atoms with Crippen molar-refractivity contribution in [2.24, 2.45) is 0 Å². The van der Waals surface area contributed by atoms with Crippen LogP contribution in [0, 0.1) is 0 Å². The van der Waals surface area contributed by atoms with Gasteiger partial charge in [-0.3, -0.25) is 4.79 Å². The van der Waals surface area contributed by atoms with Crippen molar-refractivity contribution in [1.29, 1.82) is 0 Å². The van der Waals surface area contributed by atoms with Gasteiger partial charge in [-0.1, -0.05) is 40.7 Å². The van der Waals surface area contributed by atoms with Crippen molar-refractivity contribution >= 4 is 33.5 Å². The molecule has 0 bridgehead atoms. The first-order valence-electron chi connectivity index (χ1n) is 6.12. The van der Waals surface area contributed by atoms with Gasteiger partial charge in [-0.15, -0.1) is 0 Å². The summed E-state index contributed by atoms with van der Waals surface area (Å²) in [5, 5.41) is 3.76. The smallest absolute Gasteiger partial charge is 0.253 e. The quantitative estimate of drug-likeness (QED) is 0.718. The first-order chi connectivity index (χ1) is 9.58. The van der Waals surface area contributed by atoms with Crippen LogP contribution in [0.3, 0.4) is 0 Å². The summed E-state index contributed by atoms with van der Waals surface area (Å²) >= 11 is 4.91. The molecular formula is C13H15BrN4OS. The highest BCUT2D eigenvalue weighted by atomic mass is 79.9. The van der Waals surface area contributed by atoms with Crippen LogP contribution < -0.4 is 16.6 Å². The Hall–Kier alpha value is -1.31. The molecule has 0 saturated heterocycles. The number of nitrogen functional groups attached to an aromatic ring is 1. The van der Waals surface area contributed by atoms with Gasteiger partial charge in [0.05, 0.1) is 0 Å². The number of nitrogens with one attached hydrogen (secondary N) is 2. The summed E-state index contributed by atoms with van der Waals surface area (Å²) in [5.74, 6) is 0.221. The Balaban J connectivity index is 2.17. The van der Waals surface area contributed by atoms with Crippen LogP contribution in [0.15, 0.2) is 43.6 Å². The van der Waals surface area contributed by atoms with Crippen molar-refractivity contribution in [2.45, 2.75) is 23.5 Å². The van der Waals surface area contributed by atoms with Crippen molar-refractivity contribution in [1.82, 2.24) is 15.3 Å². The number of rotatable bonds is 5. The van der Waals surface area contributed by atoms with Crippen LogP contribution in [0.1, 0.15) is 12.5 Å². The SMILES string of the molecule is CCNCc1ccc(Sc2nc(N)cc(=O)[nH]2)cc1Br. The third kappa shape index (κ3) is 4.09. The largest absolute Gasteiger partial charge is 0.383 e. The molecule has 20 heavy (non-hydrogen) atoms. The molecule has 0 fully saturated rings. The number of hydrogen-bond donors (Lipinski definition) is 3. The van der Waals surface area contributed by atoms with Crippen LogP contribution in [0.2, 0.25) is 0 Å². The first-order valence-corrected chi connectivity index (χ1v) is 7.73. The number of nitrogens with zero attached hydrogens (tertiary/aromatic N) is 1. The second-order valence-corrected chi connectivity index (χ2v) is 6.03. The van der Waals surface area contributed by atoms with Gasteiger partial charge in [-0.05, 0) is 24.2 Å². The Morgan fingerprint density at radius 3 is 2.90 bits per heavy atom. The predicted molar refractivity (Wildman–Crippen MR) is 84.9 cm³/mol. The van der Waals surface area contributed by atoms with E-state index in [-0.39, 0.29) is 11.4 Å². The van der Waals surface area contributed by atoms with Crippen LogP contribution in [-0.2, 0) is 6.54 Å². The van der Waals surface area contributed by atoms with Gasteiger partial charge < -0.3 is 16.0 Å². The number of benzene rings is 1. The number of nitrogens with two attached hydrogens (primary N) is 1. The minimum absolute atomic E-state index is 0.221. The van der Waals surface area contributed by atoms with E-state index in [1.54, 1.807) is 0 Å². The van der Waals surface area contributed by atoms with Crippen molar-refractivity contribution in [3.05, 3.63) is 44.7 Å². The zero-order valence-electron chi connectivity index (χ0n) is 10.9. The van der Waals surface area contributed by atoms with E-state index >= 15 is 0 Å². The average Bonchev–Trinajstić information content (AvgIpc) is 2.36. The van der Waals surface area contributed by atoms with E-state index in [1.807, 2.05) is 18.2 Å². The predicted octanol–water partition coefficient (Wildman–Crippen LogP) is 2.38. The second kappa shape index (κ2) is 6.92. The van der Waals surface area contributed by atoms with Crippen molar-refractivity contribution in [3.63, 3.8) is 0 Å². The summed E-state index contributed by atoms with van der Waals surface area (Å²) < 4.78 is 1.02. The lowest BCUT2D eigenvalue weighted by Gasteiger charge is -2.07. The van der Waals surface area contributed by atoms with E-state index in [2.05, 4.69) is 38.1 Å². The fourth-order valence-corrected chi connectivity index (χ4v) is 3.12. The summed E-state index contributed by atoms with van der Waals surface area (Å²) in [7, 11) is 0. The molecule has 1 aromatic heterocycles. The van der Waals surface area contributed by atoms with E-state index in [9.17, 15) is 4.79 Å². The average molecular weight is 355 g/mol. The lowest BCUT2D eigenvalue weighted by atomic mass is 10.2. The van der Waals surface area contributed by atoms with Crippen LogP contribution in [0.25, 0.3) is 0 Å². The molecule has 2 rings (SSSR count). The van der Waals surface area contributed by atoms with Gasteiger partial charge in [0, 0.05) is 22.0 Å². The topological polar surface area (TPSA) is 83.8 Å². The summed E-state index contributed by atoms with van der Waals surface area (Å²) in [4.78, 5) is 19.1. The van der Waals surface area contributed by atoms with Crippen LogP contribution in [-0.4, -0.2) is 16.5 Å². The number of H-pyrrole nitrogens is 1. The molecule has 0 atom stereocenters. The van der Waals surface area contributed by atoms with Gasteiger partial charge >= 0.3 is 0 Å². The third-order valence-corrected chi connectivity index (χ3v) is 4.16. The van der Waals surface area contributed by atoms with Crippen LogP contribution in [0.5, 0.6) is 0 Å². The summed E-state index contributed by atoms with van der Waals surface area (Å²) in [5.41, 5.74) is 6.50. The molecule has 1 heterocycles. The summed E-state index contributed by atoms with van der Waals surface area (Å²) in [6, 6.07) is 7.30. The standard InChI is InChI=1S/C13H15BrN4OS/c1-2-16-7-8-3-4-9(5-10(8)14)20-13-17-11(15)6-12(19)18-13/h3-6,16H,2,7H2,1H3,(H3,15,17,18,19). The molecule has 0 radical (unpaired) electrons. The number of hydrogen-bond acceptors (Lipinski definition) is 5. The number of aromatic amines is 1. The zero-order chi connectivity index (χ0) is 14.5. The van der Waals surface area contributed by atoms with Crippen LogP contribution >= 0.6 is 27.7 Å². The van der Waals surface area contributed by atoms with Crippen molar-refractivity contribution in [2.75, 3.05) is 12.3 Å². The molecular weight excluding hydrogens is 340 g/mol. The number of anilines is 1. The Labute approximate surface area is 129 Å². The molecule has 0 amide bonds. The van der Waals surface area contributed by atoms with Gasteiger partial charge in [0.2, 0.25) is 0 Å². The third-order valence-electron chi connectivity index (χ3n) is 2.54.